The van der Waals surface area contributed by atoms with Crippen molar-refractivity contribution in [1.82, 2.24) is 5.32 Å². The molecule has 23 heavy (non-hydrogen) atoms. The molecule has 0 aromatic heterocycles. The van der Waals surface area contributed by atoms with E-state index in [2.05, 4.69) is 10.6 Å². The Balaban J connectivity index is 1.64. The molecule has 0 aliphatic carbocycles. The van der Waals surface area contributed by atoms with E-state index in [1.165, 1.54) is 12.1 Å². The second-order valence-electron chi connectivity index (χ2n) is 5.65. The summed E-state index contributed by atoms with van der Waals surface area (Å²) in [6.07, 6.45) is 2.26. The zero-order chi connectivity index (χ0) is 16.2. The lowest BCUT2D eigenvalue weighted by molar-refractivity contribution is 0.0953. The molecule has 0 atom stereocenters. The number of nitrogens with one attached hydrogen (secondary N) is 2. The Bertz CT molecular complexity index is 711. The molecule has 3 rings (SSSR count). The quantitative estimate of drug-likeness (QED) is 0.909. The van der Waals surface area contributed by atoms with Crippen molar-refractivity contribution in [3.63, 3.8) is 0 Å². The van der Waals surface area contributed by atoms with Gasteiger partial charge in [-0.2, -0.15) is 0 Å². The largest absolute Gasteiger partial charge is 0.385 e. The SMILES string of the molecule is O=C(NCCc1cc(F)cc(F)c1)c1cccc2c1CCCN2. The molecule has 2 N–H and O–H groups in total. The smallest absolute Gasteiger partial charge is 0.251 e. The number of anilines is 1. The van der Waals surface area contributed by atoms with E-state index in [1.807, 2.05) is 18.2 Å². The summed E-state index contributed by atoms with van der Waals surface area (Å²) in [5, 5.41) is 6.11. The number of carbonyl (C=O) groups is 1. The zero-order valence-electron chi connectivity index (χ0n) is 12.7. The Hall–Kier alpha value is -2.43. The maximum absolute atomic E-state index is 13.1. The Labute approximate surface area is 133 Å². The van der Waals surface area contributed by atoms with Crippen LogP contribution >= 0.6 is 0 Å². The second kappa shape index (κ2) is 6.77. The first kappa shape index (κ1) is 15.5. The maximum atomic E-state index is 13.1. The number of hydrogen-bond donors (Lipinski definition) is 2. The van der Waals surface area contributed by atoms with Crippen LogP contribution in [-0.4, -0.2) is 19.0 Å². The summed E-state index contributed by atoms with van der Waals surface area (Å²) in [6, 6.07) is 9.04. The average molecular weight is 316 g/mol. The van der Waals surface area contributed by atoms with Gasteiger partial charge in [-0.05, 0) is 54.7 Å². The Morgan fingerprint density at radius 3 is 2.74 bits per heavy atom. The van der Waals surface area contributed by atoms with E-state index in [0.29, 0.717) is 24.1 Å². The predicted molar refractivity (Wildman–Crippen MR) is 85.6 cm³/mol. The molecular weight excluding hydrogens is 298 g/mol. The summed E-state index contributed by atoms with van der Waals surface area (Å²) in [5.74, 6) is -1.36. The van der Waals surface area contributed by atoms with Gasteiger partial charge in [-0.25, -0.2) is 8.78 Å². The van der Waals surface area contributed by atoms with E-state index in [1.54, 1.807) is 0 Å². The Kier molecular flexibility index (Phi) is 4.55. The predicted octanol–water partition coefficient (Wildman–Crippen LogP) is 3.30. The third-order valence-corrected chi connectivity index (χ3v) is 3.96. The van der Waals surface area contributed by atoms with Crippen molar-refractivity contribution in [3.05, 3.63) is 64.7 Å². The molecule has 0 radical (unpaired) electrons. The molecular formula is C18H18F2N2O. The number of rotatable bonds is 4. The first-order valence-electron chi connectivity index (χ1n) is 7.72. The van der Waals surface area contributed by atoms with Gasteiger partial charge in [-0.3, -0.25) is 4.79 Å². The van der Waals surface area contributed by atoms with Crippen molar-refractivity contribution in [3.8, 4) is 0 Å². The van der Waals surface area contributed by atoms with Crippen molar-refractivity contribution in [2.24, 2.45) is 0 Å². The van der Waals surface area contributed by atoms with Gasteiger partial charge in [0.1, 0.15) is 11.6 Å². The Morgan fingerprint density at radius 1 is 1.17 bits per heavy atom. The minimum atomic E-state index is -0.602. The van der Waals surface area contributed by atoms with E-state index in [0.717, 1.165) is 36.7 Å². The third kappa shape index (κ3) is 3.67. The molecule has 1 aliphatic heterocycles. The molecule has 0 spiro atoms. The summed E-state index contributed by atoms with van der Waals surface area (Å²) >= 11 is 0. The summed E-state index contributed by atoms with van der Waals surface area (Å²) in [7, 11) is 0. The van der Waals surface area contributed by atoms with E-state index in [-0.39, 0.29) is 5.91 Å². The fraction of sp³-hybridized carbons (Fsp3) is 0.278. The molecule has 0 saturated heterocycles. The highest BCUT2D eigenvalue weighted by Crippen LogP contribution is 2.25. The standard InChI is InChI=1S/C18H18F2N2O/c19-13-9-12(10-14(20)11-13)6-8-22-18(23)16-3-1-5-17-15(16)4-2-7-21-17/h1,3,5,9-11,21H,2,4,6-8H2,(H,22,23). The van der Waals surface area contributed by atoms with Crippen molar-refractivity contribution < 1.29 is 13.6 Å². The highest BCUT2D eigenvalue weighted by atomic mass is 19.1. The molecule has 3 nitrogen and oxygen atoms in total. The van der Waals surface area contributed by atoms with Gasteiger partial charge in [0.05, 0.1) is 0 Å². The minimum absolute atomic E-state index is 0.151. The van der Waals surface area contributed by atoms with Crippen LogP contribution in [0.1, 0.15) is 27.9 Å². The van der Waals surface area contributed by atoms with Crippen LogP contribution in [0.2, 0.25) is 0 Å². The average Bonchev–Trinajstić information content (AvgIpc) is 2.53. The molecule has 0 saturated carbocycles. The molecule has 1 amide bonds. The summed E-state index contributed by atoms with van der Waals surface area (Å²) in [4.78, 5) is 12.4. The summed E-state index contributed by atoms with van der Waals surface area (Å²) < 4.78 is 26.3. The number of amides is 1. The molecule has 1 heterocycles. The Morgan fingerprint density at radius 2 is 1.96 bits per heavy atom. The lowest BCUT2D eigenvalue weighted by Crippen LogP contribution is -2.28. The lowest BCUT2D eigenvalue weighted by atomic mass is 9.97. The minimum Gasteiger partial charge on any atom is -0.385 e. The van der Waals surface area contributed by atoms with Crippen LogP contribution in [0.3, 0.4) is 0 Å². The van der Waals surface area contributed by atoms with Crippen molar-refractivity contribution in [2.45, 2.75) is 19.3 Å². The monoisotopic (exact) mass is 316 g/mol. The van der Waals surface area contributed by atoms with Gasteiger partial charge in [0.25, 0.3) is 5.91 Å². The van der Waals surface area contributed by atoms with E-state index in [9.17, 15) is 13.6 Å². The number of fused-ring (bicyclic) bond motifs is 1. The highest BCUT2D eigenvalue weighted by molar-refractivity contribution is 5.97. The molecule has 5 heteroatoms. The van der Waals surface area contributed by atoms with Crippen LogP contribution in [0.25, 0.3) is 0 Å². The van der Waals surface area contributed by atoms with Crippen LogP contribution in [-0.2, 0) is 12.8 Å². The van der Waals surface area contributed by atoms with Crippen LogP contribution in [0.4, 0.5) is 14.5 Å². The molecule has 0 unspecified atom stereocenters. The number of benzene rings is 2. The van der Waals surface area contributed by atoms with E-state index >= 15 is 0 Å². The van der Waals surface area contributed by atoms with E-state index < -0.39 is 11.6 Å². The van der Waals surface area contributed by atoms with Gasteiger partial charge in [0.15, 0.2) is 0 Å². The normalized spacial score (nSPS) is 13.1. The summed E-state index contributed by atoms with van der Waals surface area (Å²) in [5.41, 5.74) is 3.24. The van der Waals surface area contributed by atoms with Gasteiger partial charge >= 0.3 is 0 Å². The fourth-order valence-corrected chi connectivity index (χ4v) is 2.89. The van der Waals surface area contributed by atoms with Gasteiger partial charge in [-0.1, -0.05) is 6.07 Å². The van der Waals surface area contributed by atoms with Crippen molar-refractivity contribution in [2.75, 3.05) is 18.4 Å². The second-order valence-corrected chi connectivity index (χ2v) is 5.65. The van der Waals surface area contributed by atoms with Crippen molar-refractivity contribution in [1.29, 1.82) is 0 Å². The highest BCUT2D eigenvalue weighted by Gasteiger charge is 2.16. The van der Waals surface area contributed by atoms with Gasteiger partial charge in [0.2, 0.25) is 0 Å². The molecule has 2 aromatic carbocycles. The number of halogens is 2. The topological polar surface area (TPSA) is 41.1 Å². The summed E-state index contributed by atoms with van der Waals surface area (Å²) in [6.45, 7) is 1.25. The number of hydrogen-bond acceptors (Lipinski definition) is 2. The van der Waals surface area contributed by atoms with Crippen LogP contribution in [0, 0.1) is 11.6 Å². The maximum Gasteiger partial charge on any atom is 0.251 e. The van der Waals surface area contributed by atoms with Gasteiger partial charge < -0.3 is 10.6 Å². The first-order valence-corrected chi connectivity index (χ1v) is 7.72. The van der Waals surface area contributed by atoms with Crippen LogP contribution < -0.4 is 10.6 Å². The van der Waals surface area contributed by atoms with Crippen molar-refractivity contribution >= 4 is 11.6 Å². The third-order valence-electron chi connectivity index (χ3n) is 3.96. The first-order chi connectivity index (χ1) is 11.1. The lowest BCUT2D eigenvalue weighted by Gasteiger charge is -2.20. The van der Waals surface area contributed by atoms with Crippen LogP contribution in [0.5, 0.6) is 0 Å². The molecule has 120 valence electrons. The molecule has 0 bridgehead atoms. The molecule has 0 fully saturated rings. The van der Waals surface area contributed by atoms with Gasteiger partial charge in [0, 0.05) is 30.4 Å². The van der Waals surface area contributed by atoms with Gasteiger partial charge in [-0.15, -0.1) is 0 Å². The van der Waals surface area contributed by atoms with E-state index in [4.69, 9.17) is 0 Å². The van der Waals surface area contributed by atoms with Crippen LogP contribution in [0.15, 0.2) is 36.4 Å². The molecule has 1 aliphatic rings. The fourth-order valence-electron chi connectivity index (χ4n) is 2.89. The number of carbonyl (C=O) groups excluding carboxylic acids is 1. The zero-order valence-corrected chi connectivity index (χ0v) is 12.7. The molecule has 2 aromatic rings.